The minimum atomic E-state index is -6.09. The van der Waals surface area contributed by atoms with Crippen LogP contribution in [0.2, 0.25) is 0 Å². The van der Waals surface area contributed by atoms with Gasteiger partial charge in [-0.05, 0) is 25.1 Å². The summed E-state index contributed by atoms with van der Waals surface area (Å²) in [7, 11) is 1.25. The average molecular weight is 312 g/mol. The summed E-state index contributed by atoms with van der Waals surface area (Å²) >= 11 is 0. The van der Waals surface area contributed by atoms with Crippen LogP contribution in [-0.2, 0) is 4.79 Å². The molecule has 9 heteroatoms. The van der Waals surface area contributed by atoms with E-state index in [0.29, 0.717) is 0 Å². The molecular weight excluding hydrogens is 303 g/mol. The molecule has 0 aliphatic rings. The van der Waals surface area contributed by atoms with Crippen molar-refractivity contribution in [1.82, 2.24) is 0 Å². The number of Topliss-reactive ketones (excluding diaryl/α,β-unsaturated/α-hetero) is 1. The highest BCUT2D eigenvalue weighted by molar-refractivity contribution is 5.98. The Hall–Kier alpha value is -2.19. The summed E-state index contributed by atoms with van der Waals surface area (Å²) in [6, 6.07) is 3.08. The molecule has 0 aliphatic heterocycles. The number of ketones is 1. The van der Waals surface area contributed by atoms with Gasteiger partial charge in [0.05, 0.1) is 12.7 Å². The van der Waals surface area contributed by atoms with Crippen molar-refractivity contribution in [2.45, 2.75) is 19.0 Å². The number of carbonyl (C=O) groups is 2. The summed E-state index contributed by atoms with van der Waals surface area (Å²) in [5.74, 6) is -9.77. The molecule has 0 saturated carbocycles. The summed E-state index contributed by atoms with van der Waals surface area (Å²) < 4.78 is 70.4. The van der Waals surface area contributed by atoms with Gasteiger partial charge in [-0.3, -0.25) is 4.79 Å². The lowest BCUT2D eigenvalue weighted by atomic mass is 10.1. The van der Waals surface area contributed by atoms with Gasteiger partial charge in [0.15, 0.2) is 5.78 Å². The van der Waals surface area contributed by atoms with E-state index in [4.69, 9.17) is 4.74 Å². The largest absolute Gasteiger partial charge is 0.497 e. The van der Waals surface area contributed by atoms with Gasteiger partial charge in [0.2, 0.25) is 0 Å². The lowest BCUT2D eigenvalue weighted by molar-refractivity contribution is -0.276. The molecule has 0 spiro atoms. The molecule has 0 fully saturated rings. The monoisotopic (exact) mass is 312 g/mol. The molecule has 0 aromatic heterocycles. The first-order valence-electron chi connectivity index (χ1n) is 5.36. The molecule has 0 radical (unpaired) electrons. The SMILES string of the molecule is COc1ccc(OC(=O)C(F)(F)C(F)(F)F)c(C(C)=O)c1. The molecule has 1 aromatic rings. The van der Waals surface area contributed by atoms with E-state index in [9.17, 15) is 31.5 Å². The minimum absolute atomic E-state index is 0.141. The van der Waals surface area contributed by atoms with Crippen molar-refractivity contribution in [3.8, 4) is 11.5 Å². The van der Waals surface area contributed by atoms with Gasteiger partial charge >= 0.3 is 18.1 Å². The van der Waals surface area contributed by atoms with E-state index in [-0.39, 0.29) is 11.3 Å². The quantitative estimate of drug-likeness (QED) is 0.371. The van der Waals surface area contributed by atoms with Crippen LogP contribution in [0.5, 0.6) is 11.5 Å². The molecule has 0 heterocycles. The molecule has 0 N–H and O–H groups in total. The Morgan fingerprint density at radius 2 is 1.67 bits per heavy atom. The highest BCUT2D eigenvalue weighted by Crippen LogP contribution is 2.37. The molecule has 0 saturated heterocycles. The standard InChI is InChI=1S/C12H9F5O4/c1-6(18)8-5-7(20-2)3-4-9(8)21-10(19)11(13,14)12(15,16)17/h3-5H,1-2H3. The normalized spacial score (nSPS) is 12.0. The third-order valence-corrected chi connectivity index (χ3v) is 2.38. The second kappa shape index (κ2) is 5.66. The van der Waals surface area contributed by atoms with E-state index >= 15 is 0 Å². The number of carbonyl (C=O) groups excluding carboxylic acids is 2. The third kappa shape index (κ3) is 3.47. The average Bonchev–Trinajstić information content (AvgIpc) is 2.37. The fraction of sp³-hybridized carbons (Fsp3) is 0.333. The molecule has 0 amide bonds. The molecule has 0 unspecified atom stereocenters. The van der Waals surface area contributed by atoms with Crippen molar-refractivity contribution in [1.29, 1.82) is 0 Å². The van der Waals surface area contributed by atoms with Crippen LogP contribution in [-0.4, -0.2) is 31.0 Å². The molecular formula is C12H9F5O4. The number of esters is 1. The lowest BCUT2D eigenvalue weighted by Crippen LogP contribution is -2.46. The van der Waals surface area contributed by atoms with E-state index in [0.717, 1.165) is 25.1 Å². The smallest absolute Gasteiger partial charge is 0.465 e. The summed E-state index contributed by atoms with van der Waals surface area (Å²) in [4.78, 5) is 22.3. The fourth-order valence-corrected chi connectivity index (χ4v) is 1.28. The van der Waals surface area contributed by atoms with Crippen molar-refractivity contribution in [2.75, 3.05) is 7.11 Å². The maximum Gasteiger partial charge on any atom is 0.465 e. The number of hydrogen-bond acceptors (Lipinski definition) is 4. The number of hydrogen-bond donors (Lipinski definition) is 0. The Labute approximate surface area is 115 Å². The number of alkyl halides is 5. The van der Waals surface area contributed by atoms with Crippen LogP contribution in [0.15, 0.2) is 18.2 Å². The number of halogens is 5. The van der Waals surface area contributed by atoms with Crippen LogP contribution < -0.4 is 9.47 Å². The van der Waals surface area contributed by atoms with Crippen molar-refractivity contribution >= 4 is 11.8 Å². The second-order valence-corrected chi connectivity index (χ2v) is 3.88. The summed E-state index contributed by atoms with van der Waals surface area (Å²) in [5, 5.41) is 0. The zero-order valence-electron chi connectivity index (χ0n) is 10.8. The lowest BCUT2D eigenvalue weighted by Gasteiger charge is -2.18. The number of ether oxygens (including phenoxy) is 2. The molecule has 0 aliphatic carbocycles. The van der Waals surface area contributed by atoms with Gasteiger partial charge in [-0.15, -0.1) is 0 Å². The van der Waals surface area contributed by atoms with Gasteiger partial charge < -0.3 is 9.47 Å². The van der Waals surface area contributed by atoms with E-state index in [1.165, 1.54) is 7.11 Å². The summed E-state index contributed by atoms with van der Waals surface area (Å²) in [5.41, 5.74) is -0.360. The first-order chi connectivity index (χ1) is 9.50. The van der Waals surface area contributed by atoms with Crippen LogP contribution >= 0.6 is 0 Å². The molecule has 1 aromatic carbocycles. The maximum atomic E-state index is 12.8. The van der Waals surface area contributed by atoms with Gasteiger partial charge in [-0.25, -0.2) is 4.79 Å². The zero-order chi connectivity index (χ0) is 16.4. The van der Waals surface area contributed by atoms with E-state index in [1.54, 1.807) is 0 Å². The second-order valence-electron chi connectivity index (χ2n) is 3.88. The molecule has 116 valence electrons. The zero-order valence-corrected chi connectivity index (χ0v) is 10.8. The van der Waals surface area contributed by atoms with Crippen molar-refractivity contribution in [2.24, 2.45) is 0 Å². The Bertz CT molecular complexity index is 565. The Kier molecular flexibility index (Phi) is 4.55. The van der Waals surface area contributed by atoms with E-state index in [1.807, 2.05) is 0 Å². The number of benzene rings is 1. The van der Waals surface area contributed by atoms with Gasteiger partial charge in [-0.2, -0.15) is 22.0 Å². The van der Waals surface area contributed by atoms with Gasteiger partial charge in [0.1, 0.15) is 11.5 Å². The molecule has 0 atom stereocenters. The van der Waals surface area contributed by atoms with Crippen LogP contribution in [0.4, 0.5) is 22.0 Å². The highest BCUT2D eigenvalue weighted by Gasteiger charge is 2.65. The minimum Gasteiger partial charge on any atom is -0.497 e. The molecule has 0 bridgehead atoms. The van der Waals surface area contributed by atoms with Crippen LogP contribution in [0.3, 0.4) is 0 Å². The number of rotatable bonds is 4. The van der Waals surface area contributed by atoms with Gasteiger partial charge in [0.25, 0.3) is 0 Å². The predicted molar refractivity (Wildman–Crippen MR) is 59.6 cm³/mol. The van der Waals surface area contributed by atoms with Crippen molar-refractivity contribution < 1.29 is 41.0 Å². The van der Waals surface area contributed by atoms with Crippen LogP contribution in [0.25, 0.3) is 0 Å². The topological polar surface area (TPSA) is 52.6 Å². The van der Waals surface area contributed by atoms with Gasteiger partial charge in [-0.1, -0.05) is 0 Å². The molecule has 1 rings (SSSR count). The fourth-order valence-electron chi connectivity index (χ4n) is 1.28. The molecule has 4 nitrogen and oxygen atoms in total. The first-order valence-corrected chi connectivity index (χ1v) is 5.36. The van der Waals surface area contributed by atoms with Crippen molar-refractivity contribution in [3.05, 3.63) is 23.8 Å². The first kappa shape index (κ1) is 16.9. The summed E-state index contributed by atoms with van der Waals surface area (Å²) in [6.07, 6.45) is -6.09. The maximum absolute atomic E-state index is 12.8. The predicted octanol–water partition coefficient (Wildman–Crippen LogP) is 3.00. The Balaban J connectivity index is 3.14. The van der Waals surface area contributed by atoms with E-state index in [2.05, 4.69) is 4.74 Å². The Morgan fingerprint density at radius 3 is 2.10 bits per heavy atom. The van der Waals surface area contributed by atoms with Crippen LogP contribution in [0, 0.1) is 0 Å². The van der Waals surface area contributed by atoms with E-state index < -0.39 is 29.6 Å². The highest BCUT2D eigenvalue weighted by atomic mass is 19.4. The van der Waals surface area contributed by atoms with Gasteiger partial charge in [0, 0.05) is 0 Å². The summed E-state index contributed by atoms with van der Waals surface area (Å²) in [6.45, 7) is 1.02. The number of methoxy groups -OCH3 is 1. The Morgan fingerprint density at radius 1 is 1.10 bits per heavy atom. The molecule has 21 heavy (non-hydrogen) atoms. The van der Waals surface area contributed by atoms with Crippen LogP contribution in [0.1, 0.15) is 17.3 Å². The third-order valence-electron chi connectivity index (χ3n) is 2.38. The van der Waals surface area contributed by atoms with Crippen molar-refractivity contribution in [3.63, 3.8) is 0 Å².